The number of rotatable bonds is 2. The molecule has 2 fully saturated rings. The molecule has 82 valence electrons. The van der Waals surface area contributed by atoms with Crippen molar-refractivity contribution < 1.29 is 4.52 Å². The average Bonchev–Trinajstić information content (AvgIpc) is 2.67. The van der Waals surface area contributed by atoms with Gasteiger partial charge in [-0.25, -0.2) is 4.67 Å². The number of hydrogen-bond donors (Lipinski definition) is 0. The maximum atomic E-state index is 5.80. The summed E-state index contributed by atoms with van der Waals surface area (Å²) in [7, 11) is 3.84. The third kappa shape index (κ3) is 2.27. The smallest absolute Gasteiger partial charge is 0.187 e. The fourth-order valence-corrected chi connectivity index (χ4v) is 4.27. The minimum Gasteiger partial charge on any atom is -0.330 e. The van der Waals surface area contributed by atoms with E-state index in [1.165, 1.54) is 32.1 Å². The summed E-state index contributed by atoms with van der Waals surface area (Å²) in [6.07, 6.45) is 7.03. The Hall–Kier alpha value is 0.310. The van der Waals surface area contributed by atoms with E-state index in [1.54, 1.807) is 0 Å². The van der Waals surface area contributed by atoms with Crippen LogP contribution in [0.4, 0.5) is 0 Å². The molecule has 0 aromatic rings. The molecule has 4 heteroatoms. The molecule has 0 bridgehead atoms. The van der Waals surface area contributed by atoms with Crippen molar-refractivity contribution in [3.63, 3.8) is 0 Å². The van der Waals surface area contributed by atoms with Gasteiger partial charge in [0.15, 0.2) is 8.45 Å². The van der Waals surface area contributed by atoms with Gasteiger partial charge in [0.2, 0.25) is 0 Å². The lowest BCUT2D eigenvalue weighted by Gasteiger charge is -2.35. The van der Waals surface area contributed by atoms with Gasteiger partial charge in [-0.05, 0) is 26.9 Å². The Labute approximate surface area is 88.3 Å². The summed E-state index contributed by atoms with van der Waals surface area (Å²) in [6, 6.07) is 0.805. The van der Waals surface area contributed by atoms with Crippen LogP contribution >= 0.6 is 8.45 Å². The maximum Gasteiger partial charge on any atom is 0.187 e. The molecule has 14 heavy (non-hydrogen) atoms. The van der Waals surface area contributed by atoms with Crippen molar-refractivity contribution in [2.24, 2.45) is 0 Å². The van der Waals surface area contributed by atoms with E-state index in [0.717, 1.165) is 19.2 Å². The Balaban J connectivity index is 1.94. The van der Waals surface area contributed by atoms with E-state index in [4.69, 9.17) is 4.52 Å². The fraction of sp³-hybridized carbons (Fsp3) is 1.00. The molecule has 1 unspecified atom stereocenters. The third-order valence-electron chi connectivity index (χ3n) is 3.09. The molecule has 1 atom stereocenters. The topological polar surface area (TPSA) is 15.7 Å². The second-order valence-electron chi connectivity index (χ2n) is 4.39. The van der Waals surface area contributed by atoms with E-state index < -0.39 is 8.45 Å². The lowest BCUT2D eigenvalue weighted by Crippen LogP contribution is -2.33. The first kappa shape index (κ1) is 10.8. The highest BCUT2D eigenvalue weighted by atomic mass is 31.2. The summed E-state index contributed by atoms with van der Waals surface area (Å²) in [5.74, 6) is 0. The zero-order valence-electron chi connectivity index (χ0n) is 9.28. The van der Waals surface area contributed by atoms with Crippen molar-refractivity contribution in [2.45, 2.75) is 38.1 Å². The number of nitrogens with zero attached hydrogens (tertiary/aromatic N) is 2. The Morgan fingerprint density at radius 2 is 1.93 bits per heavy atom. The quantitative estimate of drug-likeness (QED) is 0.659. The standard InChI is InChI=1S/C10H21N2OP/c1-11(2)14-12(8-9-13-14)10-6-4-3-5-7-10/h10H,3-9H2,1-2H3. The maximum absolute atomic E-state index is 5.80. The van der Waals surface area contributed by atoms with Crippen LogP contribution < -0.4 is 0 Å². The van der Waals surface area contributed by atoms with Crippen molar-refractivity contribution in [3.05, 3.63) is 0 Å². The minimum absolute atomic E-state index is 0.424. The van der Waals surface area contributed by atoms with Gasteiger partial charge < -0.3 is 4.52 Å². The normalized spacial score (nSPS) is 31.5. The SMILES string of the molecule is CN(C)P1OCCN1C1CCCCC1. The zero-order valence-corrected chi connectivity index (χ0v) is 10.2. The van der Waals surface area contributed by atoms with Crippen molar-refractivity contribution in [1.82, 2.24) is 9.34 Å². The molecule has 0 amide bonds. The molecular weight excluding hydrogens is 195 g/mol. The van der Waals surface area contributed by atoms with Gasteiger partial charge in [-0.15, -0.1) is 0 Å². The average molecular weight is 216 g/mol. The molecule has 1 saturated heterocycles. The van der Waals surface area contributed by atoms with Gasteiger partial charge in [-0.3, -0.25) is 4.67 Å². The molecule has 1 aliphatic carbocycles. The summed E-state index contributed by atoms with van der Waals surface area (Å²) >= 11 is 0. The van der Waals surface area contributed by atoms with Crippen LogP contribution in [0.5, 0.6) is 0 Å². The van der Waals surface area contributed by atoms with E-state index in [0.29, 0.717) is 0 Å². The van der Waals surface area contributed by atoms with Gasteiger partial charge in [0, 0.05) is 12.6 Å². The van der Waals surface area contributed by atoms with Gasteiger partial charge in [0.05, 0.1) is 6.61 Å². The van der Waals surface area contributed by atoms with Crippen LogP contribution in [0.1, 0.15) is 32.1 Å². The molecule has 1 aliphatic heterocycles. The van der Waals surface area contributed by atoms with Crippen LogP contribution in [0.2, 0.25) is 0 Å². The van der Waals surface area contributed by atoms with E-state index in [1.807, 2.05) is 0 Å². The highest BCUT2D eigenvalue weighted by Crippen LogP contribution is 2.50. The van der Waals surface area contributed by atoms with Crippen molar-refractivity contribution in [3.8, 4) is 0 Å². The van der Waals surface area contributed by atoms with Crippen LogP contribution in [0.15, 0.2) is 0 Å². The Morgan fingerprint density at radius 1 is 1.21 bits per heavy atom. The van der Waals surface area contributed by atoms with Crippen LogP contribution in [0.3, 0.4) is 0 Å². The first-order valence-corrected chi connectivity index (χ1v) is 6.82. The zero-order chi connectivity index (χ0) is 9.97. The molecule has 0 aromatic carbocycles. The molecule has 1 saturated carbocycles. The van der Waals surface area contributed by atoms with E-state index >= 15 is 0 Å². The first-order valence-electron chi connectivity index (χ1n) is 5.66. The predicted octanol–water partition coefficient (Wildman–Crippen LogP) is 2.44. The molecule has 0 spiro atoms. The summed E-state index contributed by atoms with van der Waals surface area (Å²) < 4.78 is 10.6. The largest absolute Gasteiger partial charge is 0.330 e. The predicted molar refractivity (Wildman–Crippen MR) is 60.1 cm³/mol. The molecule has 1 heterocycles. The van der Waals surface area contributed by atoms with E-state index in [-0.39, 0.29) is 0 Å². The molecule has 0 aromatic heterocycles. The van der Waals surface area contributed by atoms with E-state index in [9.17, 15) is 0 Å². The van der Waals surface area contributed by atoms with E-state index in [2.05, 4.69) is 23.4 Å². The number of hydrogen-bond acceptors (Lipinski definition) is 3. The second-order valence-corrected chi connectivity index (χ2v) is 6.47. The van der Waals surface area contributed by atoms with Crippen molar-refractivity contribution >= 4 is 8.45 Å². The van der Waals surface area contributed by atoms with Crippen molar-refractivity contribution in [2.75, 3.05) is 27.2 Å². The third-order valence-corrected chi connectivity index (χ3v) is 5.15. The van der Waals surface area contributed by atoms with Gasteiger partial charge in [-0.2, -0.15) is 0 Å². The molecule has 3 nitrogen and oxygen atoms in total. The molecular formula is C10H21N2OP. The van der Waals surface area contributed by atoms with Gasteiger partial charge in [0.25, 0.3) is 0 Å². The lowest BCUT2D eigenvalue weighted by molar-refractivity contribution is 0.272. The summed E-state index contributed by atoms with van der Waals surface area (Å²) in [6.45, 7) is 2.08. The van der Waals surface area contributed by atoms with Crippen LogP contribution in [0.25, 0.3) is 0 Å². The molecule has 0 N–H and O–H groups in total. The summed E-state index contributed by atoms with van der Waals surface area (Å²) in [4.78, 5) is 0. The van der Waals surface area contributed by atoms with Gasteiger partial charge in [-0.1, -0.05) is 19.3 Å². The van der Waals surface area contributed by atoms with Crippen molar-refractivity contribution in [1.29, 1.82) is 0 Å². The van der Waals surface area contributed by atoms with Crippen LogP contribution in [-0.2, 0) is 4.52 Å². The molecule has 2 rings (SSSR count). The highest BCUT2D eigenvalue weighted by Gasteiger charge is 2.34. The summed E-state index contributed by atoms with van der Waals surface area (Å²) in [5, 5.41) is 0. The van der Waals surface area contributed by atoms with Crippen LogP contribution in [-0.4, -0.2) is 42.6 Å². The van der Waals surface area contributed by atoms with Gasteiger partial charge >= 0.3 is 0 Å². The second kappa shape index (κ2) is 4.89. The lowest BCUT2D eigenvalue weighted by atomic mass is 9.95. The monoisotopic (exact) mass is 216 g/mol. The Kier molecular flexibility index (Phi) is 3.78. The molecule has 0 radical (unpaired) electrons. The van der Waals surface area contributed by atoms with Gasteiger partial charge in [0.1, 0.15) is 0 Å². The summed E-state index contributed by atoms with van der Waals surface area (Å²) in [5.41, 5.74) is 0. The first-order chi connectivity index (χ1) is 6.79. The minimum atomic E-state index is -0.424. The Morgan fingerprint density at radius 3 is 2.57 bits per heavy atom. The molecule has 2 aliphatic rings. The highest BCUT2D eigenvalue weighted by molar-refractivity contribution is 7.47. The Bertz CT molecular complexity index is 183. The fourth-order valence-electron chi connectivity index (χ4n) is 2.42. The van der Waals surface area contributed by atoms with Crippen LogP contribution in [0, 0.1) is 0 Å².